The van der Waals surface area contributed by atoms with E-state index in [4.69, 9.17) is 0 Å². The Kier molecular flexibility index (Phi) is 4.95. The molecule has 28 heavy (non-hydrogen) atoms. The average molecular weight is 369 g/mol. The van der Waals surface area contributed by atoms with Gasteiger partial charge in [0.1, 0.15) is 0 Å². The molecular formula is C26H28N2. The number of hydrogen-bond donors (Lipinski definition) is 0. The minimum absolute atomic E-state index is 0.906. The van der Waals surface area contributed by atoms with Gasteiger partial charge in [-0.25, -0.2) is 0 Å². The minimum Gasteiger partial charge on any atom is -0.344 e. The Bertz CT molecular complexity index is 897. The Hall–Kier alpha value is -3.00. The zero-order valence-corrected chi connectivity index (χ0v) is 17.2. The smallest absolute Gasteiger partial charge is 0.0468 e. The molecule has 2 heteroatoms. The van der Waals surface area contributed by atoms with Crippen LogP contribution in [0, 0.1) is 27.7 Å². The van der Waals surface area contributed by atoms with Crippen molar-refractivity contribution in [2.24, 2.45) is 0 Å². The molecule has 0 bridgehead atoms. The van der Waals surface area contributed by atoms with Crippen LogP contribution >= 0.6 is 0 Å². The first-order valence-electron chi connectivity index (χ1n) is 9.97. The van der Waals surface area contributed by atoms with E-state index >= 15 is 0 Å². The summed E-state index contributed by atoms with van der Waals surface area (Å²) in [4.78, 5) is 4.68. The minimum atomic E-state index is 0.906. The third kappa shape index (κ3) is 3.43. The summed E-state index contributed by atoms with van der Waals surface area (Å²) in [7, 11) is 0. The molecule has 0 atom stereocenters. The number of hydrogen-bond acceptors (Lipinski definition) is 2. The van der Waals surface area contributed by atoms with Crippen molar-refractivity contribution in [3.63, 3.8) is 0 Å². The second kappa shape index (κ2) is 7.55. The highest BCUT2D eigenvalue weighted by molar-refractivity contribution is 5.66. The Morgan fingerprint density at radius 1 is 0.571 bits per heavy atom. The summed E-state index contributed by atoms with van der Waals surface area (Å²) in [6.07, 6.45) is 13.6. The van der Waals surface area contributed by atoms with Crippen LogP contribution in [-0.2, 0) is 0 Å². The number of aryl methyl sites for hydroxylation is 4. The molecule has 0 aliphatic carbocycles. The van der Waals surface area contributed by atoms with E-state index in [1.54, 1.807) is 0 Å². The number of para-hydroxylation sites is 2. The van der Waals surface area contributed by atoms with Crippen molar-refractivity contribution in [2.75, 3.05) is 22.9 Å². The molecule has 142 valence electrons. The molecule has 2 nitrogen and oxygen atoms in total. The number of nitrogens with zero attached hydrogens (tertiary/aromatic N) is 2. The van der Waals surface area contributed by atoms with Gasteiger partial charge in [-0.3, -0.25) is 0 Å². The fourth-order valence-corrected chi connectivity index (χ4v) is 4.27. The van der Waals surface area contributed by atoms with Crippen molar-refractivity contribution >= 4 is 11.4 Å². The van der Waals surface area contributed by atoms with Crippen LogP contribution in [-0.4, -0.2) is 13.1 Å². The maximum absolute atomic E-state index is 2.34. The summed E-state index contributed by atoms with van der Waals surface area (Å²) in [5, 5.41) is 0. The predicted molar refractivity (Wildman–Crippen MR) is 121 cm³/mol. The maximum Gasteiger partial charge on any atom is 0.0468 e. The van der Waals surface area contributed by atoms with E-state index in [2.05, 4.69) is 111 Å². The first kappa shape index (κ1) is 18.4. The molecule has 2 aliphatic heterocycles. The van der Waals surface area contributed by atoms with Crippen molar-refractivity contribution in [2.45, 2.75) is 27.7 Å². The van der Waals surface area contributed by atoms with Crippen molar-refractivity contribution in [3.05, 3.63) is 107 Å². The molecular weight excluding hydrogens is 340 g/mol. The monoisotopic (exact) mass is 368 g/mol. The molecule has 0 saturated heterocycles. The van der Waals surface area contributed by atoms with Crippen molar-refractivity contribution in [1.29, 1.82) is 0 Å². The molecule has 2 aromatic carbocycles. The number of benzene rings is 2. The van der Waals surface area contributed by atoms with Crippen molar-refractivity contribution in [1.82, 2.24) is 0 Å². The predicted octanol–water partition coefficient (Wildman–Crippen LogP) is 6.14. The van der Waals surface area contributed by atoms with E-state index in [0.717, 1.165) is 13.1 Å². The Balaban J connectivity index is 1.49. The van der Waals surface area contributed by atoms with Crippen LogP contribution in [0.25, 0.3) is 0 Å². The molecule has 0 amide bonds. The lowest BCUT2D eigenvalue weighted by molar-refractivity contribution is 1.02. The van der Waals surface area contributed by atoms with Gasteiger partial charge in [-0.1, -0.05) is 48.6 Å². The molecule has 0 aromatic heterocycles. The highest BCUT2D eigenvalue weighted by Crippen LogP contribution is 2.30. The van der Waals surface area contributed by atoms with Gasteiger partial charge in [0, 0.05) is 36.9 Å². The van der Waals surface area contributed by atoms with E-state index in [9.17, 15) is 0 Å². The molecule has 0 fully saturated rings. The van der Waals surface area contributed by atoms with Crippen LogP contribution in [0.3, 0.4) is 0 Å². The molecule has 0 spiro atoms. The highest BCUT2D eigenvalue weighted by Gasteiger charge is 2.16. The summed E-state index contributed by atoms with van der Waals surface area (Å²) >= 11 is 0. The average Bonchev–Trinajstić information content (AvgIpc) is 2.69. The SMILES string of the molecule is Cc1cccc(C)c1N1C=CC(C2=CCN(c3c(C)cccc3C)C=C2)=CC1. The van der Waals surface area contributed by atoms with E-state index in [1.807, 2.05) is 0 Å². The van der Waals surface area contributed by atoms with Crippen LogP contribution in [0.2, 0.25) is 0 Å². The number of anilines is 2. The molecule has 2 aliphatic rings. The van der Waals surface area contributed by atoms with Gasteiger partial charge in [0.2, 0.25) is 0 Å². The van der Waals surface area contributed by atoms with Crippen molar-refractivity contribution in [3.8, 4) is 0 Å². The Morgan fingerprint density at radius 2 is 0.929 bits per heavy atom. The van der Waals surface area contributed by atoms with Gasteiger partial charge in [-0.2, -0.15) is 0 Å². The molecule has 2 aromatic rings. The largest absolute Gasteiger partial charge is 0.344 e. The Morgan fingerprint density at radius 3 is 1.21 bits per heavy atom. The fraction of sp³-hybridized carbons (Fsp3) is 0.231. The van der Waals surface area contributed by atoms with Gasteiger partial charge < -0.3 is 9.80 Å². The van der Waals surface area contributed by atoms with E-state index in [1.165, 1.54) is 44.8 Å². The topological polar surface area (TPSA) is 6.48 Å². The molecule has 0 unspecified atom stereocenters. The third-order valence-corrected chi connectivity index (χ3v) is 5.67. The lowest BCUT2D eigenvalue weighted by Gasteiger charge is -2.29. The van der Waals surface area contributed by atoms with Gasteiger partial charge in [0.15, 0.2) is 0 Å². The zero-order valence-electron chi connectivity index (χ0n) is 17.2. The second-order valence-electron chi connectivity index (χ2n) is 7.74. The first-order valence-corrected chi connectivity index (χ1v) is 9.97. The van der Waals surface area contributed by atoms with E-state index in [0.29, 0.717) is 0 Å². The lowest BCUT2D eigenvalue weighted by Crippen LogP contribution is -2.23. The summed E-state index contributed by atoms with van der Waals surface area (Å²) in [6, 6.07) is 13.0. The van der Waals surface area contributed by atoms with Crippen LogP contribution in [0.15, 0.2) is 84.2 Å². The first-order chi connectivity index (χ1) is 13.5. The maximum atomic E-state index is 2.34. The fourth-order valence-electron chi connectivity index (χ4n) is 4.27. The molecule has 4 rings (SSSR count). The quantitative estimate of drug-likeness (QED) is 0.642. The van der Waals surface area contributed by atoms with Crippen LogP contribution in [0.1, 0.15) is 22.3 Å². The van der Waals surface area contributed by atoms with Gasteiger partial charge in [-0.05, 0) is 73.2 Å². The molecule has 0 radical (unpaired) electrons. The van der Waals surface area contributed by atoms with Crippen LogP contribution in [0.5, 0.6) is 0 Å². The van der Waals surface area contributed by atoms with Gasteiger partial charge in [0.25, 0.3) is 0 Å². The molecule has 2 heterocycles. The number of allylic oxidation sites excluding steroid dienone is 4. The van der Waals surface area contributed by atoms with E-state index in [-0.39, 0.29) is 0 Å². The highest BCUT2D eigenvalue weighted by atomic mass is 15.1. The second-order valence-corrected chi connectivity index (χ2v) is 7.74. The third-order valence-electron chi connectivity index (χ3n) is 5.67. The van der Waals surface area contributed by atoms with Gasteiger partial charge >= 0.3 is 0 Å². The van der Waals surface area contributed by atoms with Crippen LogP contribution in [0.4, 0.5) is 11.4 Å². The summed E-state index contributed by atoms with van der Waals surface area (Å²) in [5.41, 5.74) is 10.5. The lowest BCUT2D eigenvalue weighted by atomic mass is 9.99. The van der Waals surface area contributed by atoms with Gasteiger partial charge in [0.05, 0.1) is 0 Å². The summed E-state index contributed by atoms with van der Waals surface area (Å²) in [5.74, 6) is 0. The Labute approximate surface area is 168 Å². The van der Waals surface area contributed by atoms with Gasteiger partial charge in [-0.15, -0.1) is 0 Å². The summed E-state index contributed by atoms with van der Waals surface area (Å²) in [6.45, 7) is 10.6. The molecule has 0 N–H and O–H groups in total. The standard InChI is InChI=1S/C26H28N2/c1-19-7-5-8-20(2)25(19)27-15-11-23(12-16-27)24-13-17-28(18-14-24)26-21(3)9-6-10-22(26)4/h5-15,17H,16,18H2,1-4H3. The van der Waals surface area contributed by atoms with E-state index < -0.39 is 0 Å². The number of rotatable bonds is 3. The van der Waals surface area contributed by atoms with Crippen LogP contribution < -0.4 is 9.80 Å². The molecule has 0 saturated carbocycles. The zero-order chi connectivity index (χ0) is 19.7. The summed E-state index contributed by atoms with van der Waals surface area (Å²) < 4.78 is 0. The van der Waals surface area contributed by atoms with Crippen molar-refractivity contribution < 1.29 is 0 Å². The normalized spacial score (nSPS) is 16.3.